The Morgan fingerprint density at radius 3 is 2.53 bits per heavy atom. The van der Waals surface area contributed by atoms with Gasteiger partial charge in [-0.3, -0.25) is 11.7 Å². The molecule has 0 radical (unpaired) electrons. The zero-order chi connectivity index (χ0) is 11.8. The molecule has 15 heavy (non-hydrogen) atoms. The van der Waals surface area contributed by atoms with Crippen molar-refractivity contribution in [3.63, 3.8) is 0 Å². The molecule has 0 spiro atoms. The fourth-order valence-electron chi connectivity index (χ4n) is 0.691. The minimum atomic E-state index is -3.00. The summed E-state index contributed by atoms with van der Waals surface area (Å²) in [7, 11) is 0. The molecule has 5 N–H and O–H groups in total. The summed E-state index contributed by atoms with van der Waals surface area (Å²) in [5.41, 5.74) is -0.335. The second-order valence-electron chi connectivity index (χ2n) is 2.04. The van der Waals surface area contributed by atoms with Crippen molar-refractivity contribution in [2.75, 3.05) is 0 Å². The fraction of sp³-hybridized carbons (Fsp3) is 0.143. The highest BCUT2D eigenvalue weighted by Crippen LogP contribution is 2.10. The molecule has 0 saturated carbocycles. The van der Waals surface area contributed by atoms with E-state index in [9.17, 15) is 13.6 Å². The van der Waals surface area contributed by atoms with Crippen molar-refractivity contribution in [1.29, 1.82) is 0 Å². The van der Waals surface area contributed by atoms with Crippen LogP contribution in [0.4, 0.5) is 8.78 Å². The van der Waals surface area contributed by atoms with E-state index < -0.39 is 18.5 Å². The smallest absolute Gasteiger partial charge is 0.388 e. The molecule has 0 aliphatic heterocycles. The van der Waals surface area contributed by atoms with Crippen molar-refractivity contribution in [3.8, 4) is 5.88 Å². The van der Waals surface area contributed by atoms with Crippen molar-refractivity contribution >= 4 is 5.97 Å². The number of carboxylic acid groups (broad SMARTS) is 1. The number of nitrogens with two attached hydrogens (primary N) is 2. The maximum absolute atomic E-state index is 11.6. The molecule has 0 atom stereocenters. The van der Waals surface area contributed by atoms with Crippen LogP contribution in [0.15, 0.2) is 18.2 Å². The lowest BCUT2D eigenvalue weighted by atomic mass is 10.3. The molecule has 1 aromatic heterocycles. The molecule has 0 unspecified atom stereocenters. The summed E-state index contributed by atoms with van der Waals surface area (Å²) in [4.78, 5) is 13.6. The third-order valence-electron chi connectivity index (χ3n) is 1.15. The minimum absolute atomic E-state index is 0.335. The highest BCUT2D eigenvalue weighted by molar-refractivity contribution is 5.85. The summed E-state index contributed by atoms with van der Waals surface area (Å²) in [6, 6.07) is 3.60. The van der Waals surface area contributed by atoms with Gasteiger partial charge < -0.3 is 9.84 Å². The molecular formula is C7H9F2N3O3. The second-order valence-corrected chi connectivity index (χ2v) is 2.04. The highest BCUT2D eigenvalue weighted by atomic mass is 19.3. The number of rotatable bonds is 3. The third-order valence-corrected chi connectivity index (χ3v) is 1.15. The molecule has 6 nitrogen and oxygen atoms in total. The predicted molar refractivity (Wildman–Crippen MR) is 46.2 cm³/mol. The summed E-state index contributed by atoms with van der Waals surface area (Å²) < 4.78 is 27.2. The Morgan fingerprint density at radius 2 is 2.07 bits per heavy atom. The zero-order valence-corrected chi connectivity index (χ0v) is 7.43. The molecule has 0 aromatic carbocycles. The molecule has 0 bridgehead atoms. The largest absolute Gasteiger partial charge is 0.477 e. The van der Waals surface area contributed by atoms with E-state index in [0.29, 0.717) is 0 Å². The standard InChI is InChI=1S/C7H5F2NO3.H4N2/c8-7(9)13-5-3-1-2-4(10-5)6(11)12;1-2/h1-3,7H,(H,11,12);1-2H2. The van der Waals surface area contributed by atoms with Crippen LogP contribution < -0.4 is 16.4 Å². The van der Waals surface area contributed by atoms with E-state index >= 15 is 0 Å². The lowest BCUT2D eigenvalue weighted by Gasteiger charge is -2.02. The quantitative estimate of drug-likeness (QED) is 0.496. The van der Waals surface area contributed by atoms with Crippen molar-refractivity contribution in [2.45, 2.75) is 6.61 Å². The van der Waals surface area contributed by atoms with Crippen molar-refractivity contribution in [3.05, 3.63) is 23.9 Å². The van der Waals surface area contributed by atoms with Gasteiger partial charge in [0.15, 0.2) is 5.69 Å². The summed E-state index contributed by atoms with van der Waals surface area (Å²) in [6.45, 7) is -3.00. The lowest BCUT2D eigenvalue weighted by molar-refractivity contribution is -0.0530. The monoisotopic (exact) mass is 221 g/mol. The Hall–Kier alpha value is -1.80. The van der Waals surface area contributed by atoms with Crippen LogP contribution in [0, 0.1) is 0 Å². The van der Waals surface area contributed by atoms with Gasteiger partial charge in [0.05, 0.1) is 0 Å². The summed E-state index contributed by atoms with van der Waals surface area (Å²) >= 11 is 0. The van der Waals surface area contributed by atoms with Crippen LogP contribution in [0.1, 0.15) is 10.5 Å². The average molecular weight is 221 g/mol. The lowest BCUT2D eigenvalue weighted by Crippen LogP contribution is -2.06. The van der Waals surface area contributed by atoms with E-state index in [-0.39, 0.29) is 5.69 Å². The van der Waals surface area contributed by atoms with E-state index in [2.05, 4.69) is 21.4 Å². The first kappa shape index (κ1) is 13.2. The molecule has 0 aliphatic carbocycles. The molecule has 1 rings (SSSR count). The molecule has 84 valence electrons. The summed E-state index contributed by atoms with van der Waals surface area (Å²) in [6.07, 6.45) is 0. The predicted octanol–water partition coefficient (Wildman–Crippen LogP) is 0.200. The van der Waals surface area contributed by atoms with Gasteiger partial charge in [-0.1, -0.05) is 6.07 Å². The van der Waals surface area contributed by atoms with Crippen LogP contribution in [0.25, 0.3) is 0 Å². The van der Waals surface area contributed by atoms with Crippen LogP contribution in [0.5, 0.6) is 5.88 Å². The normalized spacial score (nSPS) is 9.13. The second kappa shape index (κ2) is 6.62. The molecule has 0 amide bonds. The molecule has 0 saturated heterocycles. The Kier molecular flexibility index (Phi) is 5.83. The van der Waals surface area contributed by atoms with E-state index in [4.69, 9.17) is 5.11 Å². The van der Waals surface area contributed by atoms with Gasteiger partial charge in [0, 0.05) is 6.07 Å². The molecule has 8 heteroatoms. The van der Waals surface area contributed by atoms with Gasteiger partial charge >= 0.3 is 12.6 Å². The van der Waals surface area contributed by atoms with Crippen molar-refractivity contribution in [1.82, 2.24) is 4.98 Å². The van der Waals surface area contributed by atoms with E-state index in [1.807, 2.05) is 0 Å². The van der Waals surface area contributed by atoms with E-state index in [1.54, 1.807) is 0 Å². The van der Waals surface area contributed by atoms with Crippen LogP contribution in [0.3, 0.4) is 0 Å². The Morgan fingerprint density at radius 1 is 1.47 bits per heavy atom. The number of pyridine rings is 1. The number of hydrogen-bond acceptors (Lipinski definition) is 5. The van der Waals surface area contributed by atoms with Gasteiger partial charge in [-0.25, -0.2) is 9.78 Å². The zero-order valence-electron chi connectivity index (χ0n) is 7.43. The number of carboxylic acids is 1. The van der Waals surface area contributed by atoms with Crippen LogP contribution in [0.2, 0.25) is 0 Å². The first-order valence-electron chi connectivity index (χ1n) is 3.58. The maximum Gasteiger partial charge on any atom is 0.388 e. The molecule has 1 aromatic rings. The third kappa shape index (κ3) is 4.84. The Balaban J connectivity index is 0.000000921. The average Bonchev–Trinajstić information content (AvgIpc) is 2.20. The van der Waals surface area contributed by atoms with Gasteiger partial charge in [0.1, 0.15) is 0 Å². The van der Waals surface area contributed by atoms with Crippen LogP contribution in [-0.2, 0) is 0 Å². The van der Waals surface area contributed by atoms with Gasteiger partial charge in [0.25, 0.3) is 0 Å². The highest BCUT2D eigenvalue weighted by Gasteiger charge is 2.08. The number of carbonyl (C=O) groups is 1. The minimum Gasteiger partial charge on any atom is -0.477 e. The van der Waals surface area contributed by atoms with Gasteiger partial charge in [-0.05, 0) is 6.07 Å². The number of hydrogen-bond donors (Lipinski definition) is 3. The Bertz CT molecular complexity index is 322. The molecule has 0 fully saturated rings. The number of alkyl halides is 2. The Labute approximate surface area is 83.4 Å². The number of ether oxygens (including phenoxy) is 1. The van der Waals surface area contributed by atoms with Crippen LogP contribution in [-0.4, -0.2) is 22.7 Å². The number of aromatic carboxylic acids is 1. The molecular weight excluding hydrogens is 212 g/mol. The van der Waals surface area contributed by atoms with Gasteiger partial charge in [0.2, 0.25) is 5.88 Å². The van der Waals surface area contributed by atoms with Gasteiger partial charge in [-0.2, -0.15) is 8.78 Å². The van der Waals surface area contributed by atoms with E-state index in [0.717, 1.165) is 6.07 Å². The van der Waals surface area contributed by atoms with Crippen molar-refractivity contribution in [2.24, 2.45) is 11.7 Å². The van der Waals surface area contributed by atoms with Gasteiger partial charge in [-0.15, -0.1) is 0 Å². The SMILES string of the molecule is NN.O=C(O)c1cccc(OC(F)F)n1. The number of nitrogens with zero attached hydrogens (tertiary/aromatic N) is 1. The first-order valence-corrected chi connectivity index (χ1v) is 3.58. The number of halogens is 2. The molecule has 0 aliphatic rings. The van der Waals surface area contributed by atoms with Crippen LogP contribution >= 0.6 is 0 Å². The first-order chi connectivity index (χ1) is 7.09. The summed E-state index contributed by atoms with van der Waals surface area (Å²) in [5.74, 6) is 6.30. The maximum atomic E-state index is 11.6. The van der Waals surface area contributed by atoms with Crippen molar-refractivity contribution < 1.29 is 23.4 Å². The number of hydrazine groups is 1. The van der Waals surface area contributed by atoms with E-state index in [1.165, 1.54) is 12.1 Å². The fourth-order valence-corrected chi connectivity index (χ4v) is 0.691. The summed E-state index contributed by atoms with van der Waals surface area (Å²) in [5, 5.41) is 8.44. The topological polar surface area (TPSA) is 111 Å². The molecule has 1 heterocycles. The number of aromatic nitrogens is 1.